The SMILES string of the molecule is CC.CC.Clc1ccc2nc(N3CCCC3)ccc2c1CCC1CCCCC1. The zero-order chi connectivity index (χ0) is 20.4. The predicted octanol–water partition coefficient (Wildman–Crippen LogP) is 8.05. The lowest BCUT2D eigenvalue weighted by atomic mass is 9.85. The van der Waals surface area contributed by atoms with Gasteiger partial charge in [0.25, 0.3) is 0 Å². The van der Waals surface area contributed by atoms with Crippen molar-refractivity contribution in [2.45, 2.75) is 85.5 Å². The summed E-state index contributed by atoms with van der Waals surface area (Å²) in [4.78, 5) is 7.32. The van der Waals surface area contributed by atoms with E-state index in [0.717, 1.165) is 41.8 Å². The first-order valence-corrected chi connectivity index (χ1v) is 12.0. The van der Waals surface area contributed by atoms with Crippen molar-refractivity contribution in [3.63, 3.8) is 0 Å². The highest BCUT2D eigenvalue weighted by atomic mass is 35.5. The second-order valence-corrected chi connectivity index (χ2v) is 7.91. The van der Waals surface area contributed by atoms with Gasteiger partial charge >= 0.3 is 0 Å². The van der Waals surface area contributed by atoms with Gasteiger partial charge in [0.15, 0.2) is 0 Å². The molecule has 0 N–H and O–H groups in total. The van der Waals surface area contributed by atoms with Gasteiger partial charge in [0.2, 0.25) is 0 Å². The van der Waals surface area contributed by atoms with E-state index in [9.17, 15) is 0 Å². The van der Waals surface area contributed by atoms with Crippen LogP contribution in [-0.4, -0.2) is 18.1 Å². The minimum atomic E-state index is 0.891. The lowest BCUT2D eigenvalue weighted by molar-refractivity contribution is 0.339. The van der Waals surface area contributed by atoms with E-state index in [-0.39, 0.29) is 0 Å². The highest BCUT2D eigenvalue weighted by Crippen LogP contribution is 2.32. The third kappa shape index (κ3) is 5.86. The molecular weight excluding hydrogens is 364 g/mol. The number of anilines is 1. The molecule has 2 aliphatic rings. The quantitative estimate of drug-likeness (QED) is 0.514. The molecule has 2 aromatic rings. The maximum absolute atomic E-state index is 6.55. The standard InChI is InChI=1S/C21H27ClN2.2C2H6/c22-19-11-12-20-18(10-13-21(23-20)24-14-4-5-15-24)17(19)9-8-16-6-2-1-3-7-16;2*1-2/h10-13,16H,1-9,14-15H2;2*1-2H3. The number of rotatable bonds is 4. The highest BCUT2D eigenvalue weighted by molar-refractivity contribution is 6.32. The zero-order valence-electron chi connectivity index (χ0n) is 18.4. The van der Waals surface area contributed by atoms with Gasteiger partial charge in [-0.1, -0.05) is 71.4 Å². The van der Waals surface area contributed by atoms with Crippen LogP contribution < -0.4 is 4.90 Å². The van der Waals surface area contributed by atoms with Crippen LogP contribution in [0.25, 0.3) is 10.9 Å². The summed E-state index contributed by atoms with van der Waals surface area (Å²) in [7, 11) is 0. The van der Waals surface area contributed by atoms with Crippen LogP contribution in [0, 0.1) is 5.92 Å². The van der Waals surface area contributed by atoms with Gasteiger partial charge in [0.1, 0.15) is 5.82 Å². The van der Waals surface area contributed by atoms with Crippen LogP contribution in [-0.2, 0) is 6.42 Å². The van der Waals surface area contributed by atoms with Crippen LogP contribution in [0.1, 0.15) is 84.6 Å². The van der Waals surface area contributed by atoms with Gasteiger partial charge in [0, 0.05) is 23.5 Å². The van der Waals surface area contributed by atoms with Crippen LogP contribution in [0.2, 0.25) is 5.02 Å². The molecule has 0 amide bonds. The summed E-state index contributed by atoms with van der Waals surface area (Å²) in [5, 5.41) is 2.16. The predicted molar refractivity (Wildman–Crippen MR) is 126 cm³/mol. The molecule has 2 heterocycles. The van der Waals surface area contributed by atoms with Gasteiger partial charge < -0.3 is 4.90 Å². The number of halogens is 1. The summed E-state index contributed by atoms with van der Waals surface area (Å²) < 4.78 is 0. The number of aryl methyl sites for hydroxylation is 1. The van der Waals surface area contributed by atoms with Gasteiger partial charge in [0.05, 0.1) is 5.52 Å². The Morgan fingerprint density at radius 3 is 2.25 bits per heavy atom. The van der Waals surface area contributed by atoms with Gasteiger partial charge in [-0.2, -0.15) is 0 Å². The number of hydrogen-bond donors (Lipinski definition) is 0. The van der Waals surface area contributed by atoms with Crippen molar-refractivity contribution < 1.29 is 0 Å². The normalized spacial score (nSPS) is 17.0. The summed E-state index contributed by atoms with van der Waals surface area (Å²) in [6.07, 6.45) is 12.0. The third-order valence-corrected chi connectivity index (χ3v) is 6.22. The van der Waals surface area contributed by atoms with Crippen molar-refractivity contribution in [1.29, 1.82) is 0 Å². The molecule has 0 unspecified atom stereocenters. The highest BCUT2D eigenvalue weighted by Gasteiger charge is 2.17. The van der Waals surface area contributed by atoms with Crippen molar-refractivity contribution in [3.8, 4) is 0 Å². The van der Waals surface area contributed by atoms with E-state index in [1.54, 1.807) is 0 Å². The number of aromatic nitrogens is 1. The number of pyridine rings is 1. The second-order valence-electron chi connectivity index (χ2n) is 7.50. The van der Waals surface area contributed by atoms with E-state index in [4.69, 9.17) is 16.6 Å². The van der Waals surface area contributed by atoms with Gasteiger partial charge in [-0.05, 0) is 61.4 Å². The fraction of sp³-hybridized carbons (Fsp3) is 0.640. The molecule has 3 heteroatoms. The van der Waals surface area contributed by atoms with E-state index in [2.05, 4.69) is 23.1 Å². The Labute approximate surface area is 177 Å². The number of nitrogens with zero attached hydrogens (tertiary/aromatic N) is 2. The van der Waals surface area contributed by atoms with Crippen LogP contribution >= 0.6 is 11.6 Å². The topological polar surface area (TPSA) is 16.1 Å². The second kappa shape index (κ2) is 12.3. The summed E-state index contributed by atoms with van der Waals surface area (Å²) in [6, 6.07) is 8.56. The van der Waals surface area contributed by atoms with Crippen molar-refractivity contribution in [2.24, 2.45) is 5.92 Å². The Bertz CT molecular complexity index is 701. The number of benzene rings is 1. The molecule has 1 aliphatic heterocycles. The first-order valence-electron chi connectivity index (χ1n) is 11.6. The van der Waals surface area contributed by atoms with Crippen molar-refractivity contribution in [2.75, 3.05) is 18.0 Å². The summed E-state index contributed by atoms with van der Waals surface area (Å²) >= 11 is 6.55. The van der Waals surface area contributed by atoms with Crippen LogP contribution in [0.3, 0.4) is 0 Å². The Kier molecular flexibility index (Phi) is 10.1. The van der Waals surface area contributed by atoms with Crippen LogP contribution in [0.4, 0.5) is 5.82 Å². The summed E-state index contributed by atoms with van der Waals surface area (Å²) in [5.41, 5.74) is 2.41. The molecule has 1 aromatic heterocycles. The van der Waals surface area contributed by atoms with Crippen LogP contribution in [0.15, 0.2) is 24.3 Å². The van der Waals surface area contributed by atoms with Crippen molar-refractivity contribution in [3.05, 3.63) is 34.9 Å². The molecule has 0 radical (unpaired) electrons. The summed E-state index contributed by atoms with van der Waals surface area (Å²) in [5.74, 6) is 2.02. The van der Waals surface area contributed by atoms with Crippen molar-refractivity contribution >= 4 is 28.3 Å². The molecule has 0 spiro atoms. The maximum Gasteiger partial charge on any atom is 0.129 e. The van der Waals surface area contributed by atoms with Crippen LogP contribution in [0.5, 0.6) is 0 Å². The van der Waals surface area contributed by atoms with E-state index >= 15 is 0 Å². The Balaban J connectivity index is 0.000000660. The van der Waals surface area contributed by atoms with E-state index in [1.807, 2.05) is 33.8 Å². The smallest absolute Gasteiger partial charge is 0.129 e. The lowest BCUT2D eigenvalue weighted by Gasteiger charge is -2.22. The van der Waals surface area contributed by atoms with Crippen molar-refractivity contribution in [1.82, 2.24) is 4.98 Å². The molecule has 0 bridgehead atoms. The molecule has 28 heavy (non-hydrogen) atoms. The molecular formula is C25H39ClN2. The molecule has 2 fully saturated rings. The zero-order valence-corrected chi connectivity index (χ0v) is 19.2. The molecule has 1 aliphatic carbocycles. The fourth-order valence-corrected chi connectivity index (χ4v) is 4.69. The van der Waals surface area contributed by atoms with Gasteiger partial charge in [-0.25, -0.2) is 4.98 Å². The van der Waals surface area contributed by atoms with Gasteiger partial charge in [-0.15, -0.1) is 0 Å². The average molecular weight is 403 g/mol. The fourth-order valence-electron chi connectivity index (χ4n) is 4.43. The number of hydrogen-bond acceptors (Lipinski definition) is 2. The molecule has 1 saturated heterocycles. The Hall–Kier alpha value is -1.28. The average Bonchev–Trinajstić information content (AvgIpc) is 3.31. The lowest BCUT2D eigenvalue weighted by Crippen LogP contribution is -2.18. The minimum Gasteiger partial charge on any atom is -0.357 e. The first kappa shape index (κ1) is 23.0. The molecule has 156 valence electrons. The Morgan fingerprint density at radius 2 is 1.57 bits per heavy atom. The molecule has 1 saturated carbocycles. The molecule has 0 atom stereocenters. The maximum atomic E-state index is 6.55. The van der Waals surface area contributed by atoms with E-state index in [1.165, 1.54) is 62.3 Å². The summed E-state index contributed by atoms with van der Waals surface area (Å²) in [6.45, 7) is 10.3. The third-order valence-electron chi connectivity index (χ3n) is 5.87. The minimum absolute atomic E-state index is 0.891. The molecule has 4 rings (SSSR count). The van der Waals surface area contributed by atoms with E-state index < -0.39 is 0 Å². The molecule has 1 aromatic carbocycles. The number of fused-ring (bicyclic) bond motifs is 1. The molecule has 2 nitrogen and oxygen atoms in total. The first-order chi connectivity index (χ1) is 13.8. The van der Waals surface area contributed by atoms with Gasteiger partial charge in [-0.3, -0.25) is 0 Å². The Morgan fingerprint density at radius 1 is 0.893 bits per heavy atom. The van der Waals surface area contributed by atoms with E-state index in [0.29, 0.717) is 0 Å². The largest absolute Gasteiger partial charge is 0.357 e. The monoisotopic (exact) mass is 402 g/mol.